The van der Waals surface area contributed by atoms with Gasteiger partial charge in [-0.3, -0.25) is 9.59 Å². The molecule has 0 saturated heterocycles. The van der Waals surface area contributed by atoms with Crippen LogP contribution in [-0.2, 0) is 19.4 Å². The zero-order chi connectivity index (χ0) is 24.2. The van der Waals surface area contributed by atoms with Crippen molar-refractivity contribution in [2.75, 3.05) is 5.32 Å². The monoisotopic (exact) mass is 482 g/mol. The minimum absolute atomic E-state index is 0.0146. The molecule has 1 aromatic carbocycles. The molecule has 1 aliphatic rings. The van der Waals surface area contributed by atoms with Crippen molar-refractivity contribution in [3.05, 3.63) is 51.7 Å². The van der Waals surface area contributed by atoms with Crippen molar-refractivity contribution in [3.63, 3.8) is 0 Å². The smallest absolute Gasteiger partial charge is 0.256 e. The van der Waals surface area contributed by atoms with Crippen LogP contribution in [0.5, 0.6) is 5.75 Å². The Morgan fingerprint density at radius 3 is 2.71 bits per heavy atom. The second kappa shape index (κ2) is 10.3. The van der Waals surface area contributed by atoms with E-state index in [9.17, 15) is 9.59 Å². The molecular weight excluding hydrogens is 452 g/mol. The van der Waals surface area contributed by atoms with Gasteiger partial charge in [0, 0.05) is 16.5 Å². The Bertz CT molecular complexity index is 1180. The topological polar surface area (TPSA) is 111 Å². The van der Waals surface area contributed by atoms with E-state index in [0.717, 1.165) is 31.2 Å². The third-order valence-corrected chi connectivity index (χ3v) is 6.77. The summed E-state index contributed by atoms with van der Waals surface area (Å²) in [5, 5.41) is 18.3. The second-order valence-electron chi connectivity index (χ2n) is 8.95. The maximum atomic E-state index is 13.1. The number of amides is 2. The predicted octanol–water partition coefficient (Wildman–Crippen LogP) is 4.16. The summed E-state index contributed by atoms with van der Waals surface area (Å²) in [4.78, 5) is 27.3. The highest BCUT2D eigenvalue weighted by molar-refractivity contribution is 7.17. The molecule has 2 heterocycles. The first-order valence-corrected chi connectivity index (χ1v) is 12.4. The second-order valence-corrected chi connectivity index (χ2v) is 10.1. The van der Waals surface area contributed by atoms with Crippen LogP contribution in [0.25, 0.3) is 0 Å². The Balaban J connectivity index is 1.51. The zero-order valence-electron chi connectivity index (χ0n) is 19.9. The highest BCUT2D eigenvalue weighted by Gasteiger charge is 2.27. The third kappa shape index (κ3) is 5.27. The minimum Gasteiger partial charge on any atom is -0.486 e. The molecule has 10 heteroatoms. The summed E-state index contributed by atoms with van der Waals surface area (Å²) in [7, 11) is 0. The van der Waals surface area contributed by atoms with Crippen LogP contribution in [0.15, 0.2) is 24.3 Å². The van der Waals surface area contributed by atoms with Gasteiger partial charge in [0.1, 0.15) is 17.4 Å². The molecule has 3 aromatic rings. The number of thiophene rings is 1. The molecule has 2 amide bonds. The van der Waals surface area contributed by atoms with E-state index < -0.39 is 0 Å². The van der Waals surface area contributed by atoms with Crippen LogP contribution in [0, 0.1) is 0 Å². The van der Waals surface area contributed by atoms with E-state index in [1.54, 1.807) is 28.9 Å². The fraction of sp³-hybridized carbons (Fsp3) is 0.458. The average molecular weight is 483 g/mol. The van der Waals surface area contributed by atoms with E-state index >= 15 is 0 Å². The lowest BCUT2D eigenvalue weighted by Gasteiger charge is -2.14. The first-order valence-electron chi connectivity index (χ1n) is 11.6. The van der Waals surface area contributed by atoms with Gasteiger partial charge in [-0.2, -0.15) is 0 Å². The first-order chi connectivity index (χ1) is 16.3. The summed E-state index contributed by atoms with van der Waals surface area (Å²) < 4.78 is 7.54. The van der Waals surface area contributed by atoms with E-state index in [1.165, 1.54) is 16.2 Å². The number of tetrazole rings is 1. The number of hydrogen-bond acceptors (Lipinski definition) is 7. The molecule has 9 nitrogen and oxygen atoms in total. The number of nitrogens with zero attached hydrogens (tertiary/aromatic N) is 4. The average Bonchev–Trinajstić information content (AvgIpc) is 3.41. The highest BCUT2D eigenvalue weighted by atomic mass is 32.1. The lowest BCUT2D eigenvalue weighted by atomic mass is 9.95. The molecule has 0 spiro atoms. The van der Waals surface area contributed by atoms with Gasteiger partial charge in [-0.15, -0.1) is 16.4 Å². The molecule has 2 aromatic heterocycles. The molecule has 34 heavy (non-hydrogen) atoms. The molecule has 0 atom stereocenters. The van der Waals surface area contributed by atoms with E-state index in [-0.39, 0.29) is 30.5 Å². The van der Waals surface area contributed by atoms with Gasteiger partial charge >= 0.3 is 0 Å². The Hall–Kier alpha value is -3.27. The zero-order valence-corrected chi connectivity index (χ0v) is 20.7. The fourth-order valence-electron chi connectivity index (χ4n) is 3.99. The number of benzene rings is 1. The number of aryl methyl sites for hydroxylation is 1. The molecular formula is C24H30N6O3S. The van der Waals surface area contributed by atoms with Crippen molar-refractivity contribution >= 4 is 28.2 Å². The summed E-state index contributed by atoms with van der Waals surface area (Å²) >= 11 is 1.51. The number of aromatic nitrogens is 4. The van der Waals surface area contributed by atoms with Crippen LogP contribution >= 0.6 is 11.3 Å². The van der Waals surface area contributed by atoms with Crippen molar-refractivity contribution in [2.45, 2.75) is 72.1 Å². The lowest BCUT2D eigenvalue weighted by Crippen LogP contribution is -2.31. The molecule has 0 radical (unpaired) electrons. The molecule has 0 fully saturated rings. The number of fused-ring (bicyclic) bond motifs is 1. The molecule has 180 valence electrons. The van der Waals surface area contributed by atoms with Gasteiger partial charge < -0.3 is 15.4 Å². The van der Waals surface area contributed by atoms with Crippen LogP contribution in [0.3, 0.4) is 0 Å². The van der Waals surface area contributed by atoms with Gasteiger partial charge in [0.05, 0.1) is 11.6 Å². The Labute approximate surface area is 202 Å². The highest BCUT2D eigenvalue weighted by Crippen LogP contribution is 2.38. The SMILES string of the molecule is CC(C)NC(=O)c1c(NC(=O)c2cccc(OCc3nnnn3C(C)C)c2)sc2c1CCCC2. The summed E-state index contributed by atoms with van der Waals surface area (Å²) in [5.74, 6) is 0.725. The van der Waals surface area contributed by atoms with Crippen LogP contribution in [0.1, 0.15) is 83.6 Å². The van der Waals surface area contributed by atoms with Crippen LogP contribution in [0.2, 0.25) is 0 Å². The van der Waals surface area contributed by atoms with Crippen molar-refractivity contribution < 1.29 is 14.3 Å². The first kappa shape index (κ1) is 23.9. The molecule has 4 rings (SSSR count). The van der Waals surface area contributed by atoms with Gasteiger partial charge in [0.25, 0.3) is 11.8 Å². The Morgan fingerprint density at radius 2 is 1.94 bits per heavy atom. The number of anilines is 1. The summed E-state index contributed by atoms with van der Waals surface area (Å²) in [6, 6.07) is 7.08. The Kier molecular flexibility index (Phi) is 7.26. The van der Waals surface area contributed by atoms with E-state index in [4.69, 9.17) is 4.74 Å². The summed E-state index contributed by atoms with van der Waals surface area (Å²) in [5.41, 5.74) is 2.13. The van der Waals surface area contributed by atoms with Crippen LogP contribution in [0.4, 0.5) is 5.00 Å². The van der Waals surface area contributed by atoms with Gasteiger partial charge in [-0.05, 0) is 87.6 Å². The number of nitrogens with one attached hydrogen (secondary N) is 2. The van der Waals surface area contributed by atoms with E-state index in [2.05, 4.69) is 26.2 Å². The quantitative estimate of drug-likeness (QED) is 0.499. The fourth-order valence-corrected chi connectivity index (χ4v) is 5.27. The summed E-state index contributed by atoms with van der Waals surface area (Å²) in [6.45, 7) is 8.03. The molecule has 0 unspecified atom stereocenters. The maximum Gasteiger partial charge on any atom is 0.256 e. The standard InChI is InChI=1S/C24H30N6O3S/c1-14(2)25-23(32)21-18-10-5-6-11-19(18)34-24(21)26-22(31)16-8-7-9-17(12-16)33-13-20-27-28-29-30(20)15(3)4/h7-9,12,14-15H,5-6,10-11,13H2,1-4H3,(H,25,32)(H,26,31). The number of hydrogen-bond donors (Lipinski definition) is 2. The lowest BCUT2D eigenvalue weighted by molar-refractivity contribution is 0.0943. The van der Waals surface area contributed by atoms with Crippen LogP contribution < -0.4 is 15.4 Å². The van der Waals surface area contributed by atoms with E-state index in [1.807, 2.05) is 27.7 Å². The number of ether oxygens (including phenoxy) is 1. The van der Waals surface area contributed by atoms with Gasteiger partial charge in [-0.1, -0.05) is 6.07 Å². The summed E-state index contributed by atoms with van der Waals surface area (Å²) in [6.07, 6.45) is 3.96. The number of carbonyl (C=O) groups is 2. The normalized spacial score (nSPS) is 13.1. The number of carbonyl (C=O) groups excluding carboxylic acids is 2. The third-order valence-electron chi connectivity index (χ3n) is 5.56. The van der Waals surface area contributed by atoms with Gasteiger partial charge in [0.15, 0.2) is 5.82 Å². The van der Waals surface area contributed by atoms with Crippen molar-refractivity contribution in [3.8, 4) is 5.75 Å². The Morgan fingerprint density at radius 1 is 1.15 bits per heavy atom. The molecule has 0 aliphatic heterocycles. The molecule has 0 saturated carbocycles. The molecule has 2 N–H and O–H groups in total. The van der Waals surface area contributed by atoms with Crippen molar-refractivity contribution in [1.82, 2.24) is 25.5 Å². The predicted molar refractivity (Wildman–Crippen MR) is 130 cm³/mol. The van der Waals surface area contributed by atoms with Crippen LogP contribution in [-0.4, -0.2) is 38.1 Å². The molecule has 1 aliphatic carbocycles. The minimum atomic E-state index is -0.283. The van der Waals surface area contributed by atoms with E-state index in [0.29, 0.717) is 27.7 Å². The number of rotatable bonds is 8. The molecule has 0 bridgehead atoms. The van der Waals surface area contributed by atoms with Crippen molar-refractivity contribution in [1.29, 1.82) is 0 Å². The van der Waals surface area contributed by atoms with Crippen molar-refractivity contribution in [2.24, 2.45) is 0 Å². The maximum absolute atomic E-state index is 13.1. The largest absolute Gasteiger partial charge is 0.486 e. The van der Waals surface area contributed by atoms with Gasteiger partial charge in [-0.25, -0.2) is 4.68 Å². The van der Waals surface area contributed by atoms with Gasteiger partial charge in [0.2, 0.25) is 0 Å².